The summed E-state index contributed by atoms with van der Waals surface area (Å²) in [5, 5.41) is 8.19. The van der Waals surface area contributed by atoms with E-state index in [2.05, 4.69) is 51.5 Å². The van der Waals surface area contributed by atoms with E-state index < -0.39 is 33.8 Å². The highest BCUT2D eigenvalue weighted by molar-refractivity contribution is 7.85. The summed E-state index contributed by atoms with van der Waals surface area (Å²) in [6.45, 7) is 1.10. The third-order valence-corrected chi connectivity index (χ3v) is 3.59. The number of nitrogens with zero attached hydrogens (tertiary/aromatic N) is 1. The summed E-state index contributed by atoms with van der Waals surface area (Å²) in [5.74, 6) is -3.01. The van der Waals surface area contributed by atoms with E-state index in [1.54, 1.807) is 0 Å². The molecule has 0 heterocycles. The number of aliphatic hydroxyl groups is 1. The second-order valence-electron chi connectivity index (χ2n) is 6.49. The highest BCUT2D eigenvalue weighted by Crippen LogP contribution is 2.43. The Morgan fingerprint density at radius 3 is 1.58 bits per heavy atom. The highest BCUT2D eigenvalue weighted by Gasteiger charge is 2.71. The fourth-order valence-corrected chi connectivity index (χ4v) is 2.55. The van der Waals surface area contributed by atoms with Crippen molar-refractivity contribution in [2.45, 2.75) is 24.5 Å². The zero-order valence-corrected chi connectivity index (χ0v) is 14.9. The first-order valence-corrected chi connectivity index (χ1v) is 8.50. The third kappa shape index (κ3) is 8.34. The summed E-state index contributed by atoms with van der Waals surface area (Å²) < 4.78 is 101. The van der Waals surface area contributed by atoms with Crippen molar-refractivity contribution >= 4 is 10.1 Å². The fraction of sp³-hybridized carbons (Fsp3) is 0.571. The number of quaternary nitrogens is 1. The second kappa shape index (κ2) is 8.11. The molecule has 0 spiro atoms. The molecule has 0 unspecified atom stereocenters. The van der Waals surface area contributed by atoms with E-state index >= 15 is 0 Å². The van der Waals surface area contributed by atoms with Gasteiger partial charge >= 0.3 is 12.4 Å². The smallest absolute Gasteiger partial charge is 0.427 e. The Hall–Kier alpha value is -1.37. The Balaban J connectivity index is 0.000000502. The molecule has 0 saturated heterocycles. The molecule has 1 aromatic rings. The summed E-state index contributed by atoms with van der Waals surface area (Å²) in [6, 6.07) is 10.6. The van der Waals surface area contributed by atoms with E-state index in [1.165, 1.54) is 5.56 Å². The van der Waals surface area contributed by atoms with E-state index in [0.29, 0.717) is 0 Å². The van der Waals surface area contributed by atoms with Crippen LogP contribution >= 0.6 is 0 Å². The molecule has 1 rings (SSSR count). The first-order valence-electron chi connectivity index (χ1n) is 6.92. The van der Waals surface area contributed by atoms with Crippen LogP contribution in [0, 0.1) is 0 Å². The van der Waals surface area contributed by atoms with Crippen LogP contribution in [0.5, 0.6) is 0 Å². The molecule has 0 aliphatic heterocycles. The van der Waals surface area contributed by atoms with Gasteiger partial charge < -0.3 is 14.1 Å². The van der Waals surface area contributed by atoms with Crippen molar-refractivity contribution in [2.24, 2.45) is 0 Å². The standard InChI is InChI=1S/C10H16N.C4H4F6O4S/c1-11(2,3)9-10-7-5-4-6-8-10;5-3(6,7)2(11,4(8,9)10)1-15(12,13)14/h4-8H,9H2,1-3H3;11H,1H2,(H,12,13,14)/q+1;/p-1. The minimum Gasteiger partial charge on any atom is -0.748 e. The Morgan fingerprint density at radius 2 is 1.35 bits per heavy atom. The monoisotopic (exact) mass is 411 g/mol. The van der Waals surface area contributed by atoms with Crippen LogP contribution in [0.3, 0.4) is 0 Å². The van der Waals surface area contributed by atoms with Gasteiger partial charge in [0.05, 0.1) is 37.0 Å². The minimum atomic E-state index is -6.30. The second-order valence-corrected chi connectivity index (χ2v) is 7.90. The van der Waals surface area contributed by atoms with Gasteiger partial charge in [-0.05, 0) is 0 Å². The zero-order chi connectivity index (χ0) is 21.0. The van der Waals surface area contributed by atoms with Crippen LogP contribution in [0.1, 0.15) is 5.56 Å². The summed E-state index contributed by atoms with van der Waals surface area (Å²) in [4.78, 5) is 0. The maximum atomic E-state index is 11.8. The topological polar surface area (TPSA) is 77.4 Å². The Kier molecular flexibility index (Phi) is 7.68. The van der Waals surface area contributed by atoms with Crippen molar-refractivity contribution in [3.63, 3.8) is 0 Å². The van der Waals surface area contributed by atoms with Crippen molar-refractivity contribution in [3.8, 4) is 0 Å². The molecular weight excluding hydrogens is 392 g/mol. The number of alkyl halides is 6. The molecular formula is C14H19F6NO4S. The van der Waals surface area contributed by atoms with Gasteiger partial charge in [0.1, 0.15) is 6.54 Å². The van der Waals surface area contributed by atoms with Crippen molar-refractivity contribution in [1.29, 1.82) is 0 Å². The lowest BCUT2D eigenvalue weighted by Gasteiger charge is -2.32. The molecule has 0 saturated carbocycles. The average molecular weight is 411 g/mol. The van der Waals surface area contributed by atoms with E-state index in [9.17, 15) is 39.3 Å². The number of halogens is 6. The van der Waals surface area contributed by atoms with E-state index in [0.717, 1.165) is 11.0 Å². The SMILES string of the molecule is C[N+](C)(C)Cc1ccccc1.O=S(=O)([O-])CC(O)(C(F)(F)F)C(F)(F)F. The van der Waals surface area contributed by atoms with Crippen molar-refractivity contribution < 1.29 is 48.9 Å². The van der Waals surface area contributed by atoms with E-state index in [4.69, 9.17) is 5.11 Å². The normalized spacial score (nSPS) is 13.8. The highest BCUT2D eigenvalue weighted by atomic mass is 32.2. The molecule has 152 valence electrons. The summed E-state index contributed by atoms with van der Waals surface area (Å²) in [5.41, 5.74) is -4.14. The minimum absolute atomic E-state index is 0.990. The van der Waals surface area contributed by atoms with Gasteiger partial charge in [0.25, 0.3) is 5.60 Å². The van der Waals surface area contributed by atoms with Gasteiger partial charge in [0.2, 0.25) is 0 Å². The summed E-state index contributed by atoms with van der Waals surface area (Å²) in [7, 11) is 0.716. The molecule has 0 radical (unpaired) electrons. The van der Waals surface area contributed by atoms with Crippen molar-refractivity contribution in [2.75, 3.05) is 26.9 Å². The third-order valence-electron chi connectivity index (χ3n) is 2.82. The Labute approximate surface area is 147 Å². The maximum absolute atomic E-state index is 11.8. The van der Waals surface area contributed by atoms with Crippen LogP contribution in [-0.2, 0) is 16.7 Å². The van der Waals surface area contributed by atoms with E-state index in [-0.39, 0.29) is 0 Å². The first kappa shape index (κ1) is 24.6. The summed E-state index contributed by atoms with van der Waals surface area (Å²) >= 11 is 0. The Bertz CT molecular complexity index is 651. The fourth-order valence-electron chi connectivity index (χ4n) is 1.71. The molecule has 0 amide bonds. The molecule has 0 fully saturated rings. The zero-order valence-electron chi connectivity index (χ0n) is 14.1. The van der Waals surface area contributed by atoms with Crippen molar-refractivity contribution in [3.05, 3.63) is 35.9 Å². The van der Waals surface area contributed by atoms with Crippen LogP contribution in [0.15, 0.2) is 30.3 Å². The van der Waals surface area contributed by atoms with Gasteiger partial charge in [-0.3, -0.25) is 0 Å². The molecule has 0 bridgehead atoms. The Morgan fingerprint density at radius 1 is 0.962 bits per heavy atom. The maximum Gasteiger partial charge on any atom is 0.427 e. The van der Waals surface area contributed by atoms with Crippen molar-refractivity contribution in [1.82, 2.24) is 0 Å². The molecule has 1 aromatic carbocycles. The van der Waals surface area contributed by atoms with Gasteiger partial charge in [0.15, 0.2) is 0 Å². The number of hydrogen-bond acceptors (Lipinski definition) is 4. The largest absolute Gasteiger partial charge is 0.748 e. The summed E-state index contributed by atoms with van der Waals surface area (Å²) in [6.07, 6.45) is -12.6. The molecule has 0 aliphatic rings. The molecule has 26 heavy (non-hydrogen) atoms. The number of hydrogen-bond donors (Lipinski definition) is 1. The predicted octanol–water partition coefficient (Wildman–Crippen LogP) is 2.28. The molecule has 0 aliphatic carbocycles. The van der Waals surface area contributed by atoms with Crippen LogP contribution in [-0.4, -0.2) is 67.4 Å². The van der Waals surface area contributed by atoms with Crippen LogP contribution in [0.25, 0.3) is 0 Å². The van der Waals surface area contributed by atoms with Crippen LogP contribution in [0.4, 0.5) is 26.3 Å². The van der Waals surface area contributed by atoms with E-state index in [1.807, 2.05) is 0 Å². The molecule has 12 heteroatoms. The van der Waals surface area contributed by atoms with Gasteiger partial charge in [0, 0.05) is 5.56 Å². The lowest BCUT2D eigenvalue weighted by Crippen LogP contribution is -2.60. The van der Waals surface area contributed by atoms with Gasteiger partial charge in [-0.15, -0.1) is 0 Å². The number of rotatable bonds is 4. The van der Waals surface area contributed by atoms with Crippen LogP contribution < -0.4 is 0 Å². The lowest BCUT2D eigenvalue weighted by atomic mass is 10.1. The predicted molar refractivity (Wildman–Crippen MR) is 79.8 cm³/mol. The first-order chi connectivity index (χ1) is 11.3. The quantitative estimate of drug-likeness (QED) is 0.469. The molecule has 1 N–H and O–H groups in total. The van der Waals surface area contributed by atoms with Gasteiger partial charge in [-0.1, -0.05) is 30.3 Å². The molecule has 0 atom stereocenters. The molecule has 0 aromatic heterocycles. The molecule has 5 nitrogen and oxygen atoms in total. The lowest BCUT2D eigenvalue weighted by molar-refractivity contribution is -0.884. The average Bonchev–Trinajstić information content (AvgIpc) is 2.33. The van der Waals surface area contributed by atoms with Gasteiger partial charge in [-0.25, -0.2) is 8.42 Å². The van der Waals surface area contributed by atoms with Crippen LogP contribution in [0.2, 0.25) is 0 Å². The number of benzene rings is 1. The van der Waals surface area contributed by atoms with Gasteiger partial charge in [-0.2, -0.15) is 26.3 Å².